The molecular formula is C12H19NO3S. The molecule has 0 aliphatic heterocycles. The standard InChI is InChI=1S/C12H19NO3S/c1-3-11-6-4-5-7-12(11)13-17(15,16)9-10(2)8-14/h4-7,10,13-14H,3,8-9H2,1-2H3. The Labute approximate surface area is 103 Å². The molecule has 0 bridgehead atoms. The fourth-order valence-corrected chi connectivity index (χ4v) is 3.04. The number of sulfonamides is 1. The van der Waals surface area contributed by atoms with Gasteiger partial charge in [0.15, 0.2) is 0 Å². The Bertz CT molecular complexity index is 457. The van der Waals surface area contributed by atoms with Gasteiger partial charge in [0.1, 0.15) is 0 Å². The zero-order valence-electron chi connectivity index (χ0n) is 10.2. The normalized spacial score (nSPS) is 13.4. The number of nitrogens with one attached hydrogen (secondary N) is 1. The van der Waals surface area contributed by atoms with Gasteiger partial charge in [-0.2, -0.15) is 0 Å². The first kappa shape index (κ1) is 14.0. The largest absolute Gasteiger partial charge is 0.396 e. The predicted octanol–water partition coefficient (Wildman–Crippen LogP) is 1.62. The average molecular weight is 257 g/mol. The number of hydrogen-bond acceptors (Lipinski definition) is 3. The van der Waals surface area contributed by atoms with Crippen LogP contribution in [0.5, 0.6) is 0 Å². The smallest absolute Gasteiger partial charge is 0.233 e. The van der Waals surface area contributed by atoms with Crippen molar-refractivity contribution in [2.45, 2.75) is 20.3 Å². The van der Waals surface area contributed by atoms with Crippen molar-refractivity contribution in [2.75, 3.05) is 17.1 Å². The summed E-state index contributed by atoms with van der Waals surface area (Å²) in [6.07, 6.45) is 0.772. The zero-order chi connectivity index (χ0) is 12.9. The third-order valence-electron chi connectivity index (χ3n) is 2.48. The highest BCUT2D eigenvalue weighted by Gasteiger charge is 2.16. The molecule has 0 heterocycles. The second-order valence-electron chi connectivity index (χ2n) is 4.18. The van der Waals surface area contributed by atoms with Crippen molar-refractivity contribution >= 4 is 15.7 Å². The molecule has 0 spiro atoms. The van der Waals surface area contributed by atoms with Crippen LogP contribution >= 0.6 is 0 Å². The number of para-hydroxylation sites is 1. The maximum atomic E-state index is 11.8. The summed E-state index contributed by atoms with van der Waals surface area (Å²) < 4.78 is 26.2. The first-order chi connectivity index (χ1) is 7.98. The quantitative estimate of drug-likeness (QED) is 0.814. The molecule has 96 valence electrons. The summed E-state index contributed by atoms with van der Waals surface area (Å²) in [4.78, 5) is 0. The molecule has 0 fully saturated rings. The van der Waals surface area contributed by atoms with Crippen LogP contribution in [0.15, 0.2) is 24.3 Å². The minimum absolute atomic E-state index is 0.0679. The van der Waals surface area contributed by atoms with Gasteiger partial charge in [-0.1, -0.05) is 32.0 Å². The van der Waals surface area contributed by atoms with E-state index in [4.69, 9.17) is 5.11 Å². The molecule has 0 amide bonds. The zero-order valence-corrected chi connectivity index (χ0v) is 11.0. The number of aliphatic hydroxyl groups excluding tert-OH is 1. The van der Waals surface area contributed by atoms with E-state index in [-0.39, 0.29) is 18.3 Å². The minimum atomic E-state index is -3.39. The van der Waals surface area contributed by atoms with Crippen LogP contribution in [0.4, 0.5) is 5.69 Å². The van der Waals surface area contributed by atoms with Gasteiger partial charge in [-0.05, 0) is 24.0 Å². The number of aliphatic hydroxyl groups is 1. The van der Waals surface area contributed by atoms with E-state index in [1.54, 1.807) is 19.1 Å². The van der Waals surface area contributed by atoms with Gasteiger partial charge in [0.05, 0.1) is 11.4 Å². The summed E-state index contributed by atoms with van der Waals surface area (Å²) in [5.41, 5.74) is 1.59. The second kappa shape index (κ2) is 6.02. The third kappa shape index (κ3) is 4.36. The molecule has 0 aliphatic rings. The minimum Gasteiger partial charge on any atom is -0.396 e. The first-order valence-electron chi connectivity index (χ1n) is 5.67. The van der Waals surface area contributed by atoms with E-state index in [1.165, 1.54) is 0 Å². The van der Waals surface area contributed by atoms with Gasteiger partial charge in [-0.15, -0.1) is 0 Å². The summed E-state index contributed by atoms with van der Waals surface area (Å²) in [7, 11) is -3.39. The van der Waals surface area contributed by atoms with Crippen LogP contribution in [0.3, 0.4) is 0 Å². The lowest BCUT2D eigenvalue weighted by Gasteiger charge is -2.13. The average Bonchev–Trinajstić information content (AvgIpc) is 2.28. The van der Waals surface area contributed by atoms with E-state index in [0.717, 1.165) is 12.0 Å². The number of rotatable bonds is 6. The van der Waals surface area contributed by atoms with E-state index in [0.29, 0.717) is 5.69 Å². The van der Waals surface area contributed by atoms with Crippen LogP contribution in [-0.4, -0.2) is 25.9 Å². The molecule has 2 N–H and O–H groups in total. The topological polar surface area (TPSA) is 66.4 Å². The molecule has 1 unspecified atom stereocenters. The molecule has 1 rings (SSSR count). The lowest BCUT2D eigenvalue weighted by molar-refractivity contribution is 0.249. The van der Waals surface area contributed by atoms with Crippen LogP contribution in [0.2, 0.25) is 0 Å². The monoisotopic (exact) mass is 257 g/mol. The van der Waals surface area contributed by atoms with Gasteiger partial charge in [0.2, 0.25) is 10.0 Å². The molecule has 0 saturated carbocycles. The van der Waals surface area contributed by atoms with Crippen molar-refractivity contribution in [1.82, 2.24) is 0 Å². The van der Waals surface area contributed by atoms with E-state index < -0.39 is 10.0 Å². The number of anilines is 1. The second-order valence-corrected chi connectivity index (χ2v) is 5.95. The Balaban J connectivity index is 2.83. The number of aryl methyl sites for hydroxylation is 1. The van der Waals surface area contributed by atoms with Crippen LogP contribution in [0.25, 0.3) is 0 Å². The summed E-state index contributed by atoms with van der Waals surface area (Å²) in [5, 5.41) is 8.87. The van der Waals surface area contributed by atoms with Crippen molar-refractivity contribution in [3.8, 4) is 0 Å². The van der Waals surface area contributed by atoms with Gasteiger partial charge in [0, 0.05) is 6.61 Å². The van der Waals surface area contributed by atoms with E-state index >= 15 is 0 Å². The van der Waals surface area contributed by atoms with Crippen LogP contribution in [0, 0.1) is 5.92 Å². The molecule has 4 nitrogen and oxygen atoms in total. The molecule has 0 radical (unpaired) electrons. The highest BCUT2D eigenvalue weighted by atomic mass is 32.2. The molecular weight excluding hydrogens is 238 g/mol. The molecule has 0 aliphatic carbocycles. The highest BCUT2D eigenvalue weighted by Crippen LogP contribution is 2.17. The number of hydrogen-bond donors (Lipinski definition) is 2. The maximum absolute atomic E-state index is 11.8. The van der Waals surface area contributed by atoms with E-state index in [9.17, 15) is 8.42 Å². The molecule has 5 heteroatoms. The van der Waals surface area contributed by atoms with Crippen molar-refractivity contribution in [3.05, 3.63) is 29.8 Å². The summed E-state index contributed by atoms with van der Waals surface area (Å²) in [6.45, 7) is 3.55. The van der Waals surface area contributed by atoms with Gasteiger partial charge < -0.3 is 5.11 Å². The Kier molecular flexibility index (Phi) is 4.96. The molecule has 1 aromatic carbocycles. The van der Waals surface area contributed by atoms with Crippen LogP contribution in [-0.2, 0) is 16.4 Å². The Morgan fingerprint density at radius 2 is 2.00 bits per heavy atom. The summed E-state index contributed by atoms with van der Waals surface area (Å²) in [5.74, 6) is -0.331. The first-order valence-corrected chi connectivity index (χ1v) is 7.33. The Hall–Kier alpha value is -1.07. The molecule has 1 atom stereocenters. The molecule has 0 aromatic heterocycles. The van der Waals surface area contributed by atoms with Crippen LogP contribution in [0.1, 0.15) is 19.4 Å². The molecule has 0 saturated heterocycles. The predicted molar refractivity (Wildman–Crippen MR) is 69.5 cm³/mol. The molecule has 1 aromatic rings. The van der Waals surface area contributed by atoms with Gasteiger partial charge >= 0.3 is 0 Å². The van der Waals surface area contributed by atoms with Crippen molar-refractivity contribution < 1.29 is 13.5 Å². The SMILES string of the molecule is CCc1ccccc1NS(=O)(=O)CC(C)CO. The van der Waals surface area contributed by atoms with Gasteiger partial charge in [-0.3, -0.25) is 4.72 Å². The van der Waals surface area contributed by atoms with Gasteiger partial charge in [0.25, 0.3) is 0 Å². The summed E-state index contributed by atoms with van der Waals surface area (Å²) in [6, 6.07) is 7.33. The maximum Gasteiger partial charge on any atom is 0.233 e. The Morgan fingerprint density at radius 3 is 2.59 bits per heavy atom. The lowest BCUT2D eigenvalue weighted by atomic mass is 10.1. The van der Waals surface area contributed by atoms with Crippen molar-refractivity contribution in [1.29, 1.82) is 0 Å². The van der Waals surface area contributed by atoms with E-state index in [2.05, 4.69) is 4.72 Å². The van der Waals surface area contributed by atoms with Crippen molar-refractivity contribution in [2.24, 2.45) is 5.92 Å². The fourth-order valence-electron chi connectivity index (χ4n) is 1.56. The van der Waals surface area contributed by atoms with Gasteiger partial charge in [-0.25, -0.2) is 8.42 Å². The lowest BCUT2D eigenvalue weighted by Crippen LogP contribution is -2.23. The Morgan fingerprint density at radius 1 is 1.35 bits per heavy atom. The van der Waals surface area contributed by atoms with Crippen LogP contribution < -0.4 is 4.72 Å². The van der Waals surface area contributed by atoms with E-state index in [1.807, 2.05) is 19.1 Å². The highest BCUT2D eigenvalue weighted by molar-refractivity contribution is 7.92. The van der Waals surface area contributed by atoms with Crippen molar-refractivity contribution in [3.63, 3.8) is 0 Å². The summed E-state index contributed by atoms with van der Waals surface area (Å²) >= 11 is 0. The third-order valence-corrected chi connectivity index (χ3v) is 4.02. The fraction of sp³-hybridized carbons (Fsp3) is 0.500. The number of benzene rings is 1. The molecule has 17 heavy (non-hydrogen) atoms.